The summed E-state index contributed by atoms with van der Waals surface area (Å²) in [6.07, 6.45) is 2.58. The second-order valence-electron chi connectivity index (χ2n) is 9.60. The van der Waals surface area contributed by atoms with Gasteiger partial charge in [0.25, 0.3) is 0 Å². The molecule has 0 aliphatic rings. The van der Waals surface area contributed by atoms with Gasteiger partial charge in [0.2, 0.25) is 0 Å². The molecule has 4 aromatic rings. The summed E-state index contributed by atoms with van der Waals surface area (Å²) in [6, 6.07) is 18.5. The molecule has 38 heavy (non-hydrogen) atoms. The van der Waals surface area contributed by atoms with Gasteiger partial charge in [0.1, 0.15) is 18.0 Å². The summed E-state index contributed by atoms with van der Waals surface area (Å²) >= 11 is 13.0. The van der Waals surface area contributed by atoms with E-state index in [9.17, 15) is 9.90 Å². The zero-order valence-electron chi connectivity index (χ0n) is 21.9. The van der Waals surface area contributed by atoms with E-state index in [4.69, 9.17) is 27.9 Å². The zero-order chi connectivity index (χ0) is 27.4. The van der Waals surface area contributed by atoms with Gasteiger partial charge in [-0.15, -0.1) is 0 Å². The van der Waals surface area contributed by atoms with Crippen molar-refractivity contribution >= 4 is 34.9 Å². The highest BCUT2D eigenvalue weighted by Gasteiger charge is 2.19. The van der Waals surface area contributed by atoms with E-state index in [1.165, 1.54) is 0 Å². The number of hydrogen-bond donors (Lipinski definition) is 1. The highest BCUT2D eigenvalue weighted by atomic mass is 35.5. The average molecular weight is 553 g/mol. The highest BCUT2D eigenvalue weighted by Crippen LogP contribution is 2.32. The van der Waals surface area contributed by atoms with Crippen molar-refractivity contribution in [3.8, 4) is 11.4 Å². The van der Waals surface area contributed by atoms with Crippen LogP contribution >= 0.6 is 23.2 Å². The molecule has 198 valence electrons. The van der Waals surface area contributed by atoms with E-state index in [0.717, 1.165) is 46.8 Å². The molecule has 0 aliphatic heterocycles. The summed E-state index contributed by atoms with van der Waals surface area (Å²) in [5.74, 6) is 0.0873. The largest absolute Gasteiger partial charge is 0.487 e. The molecule has 0 spiro atoms. The normalized spacial score (nSPS) is 11.1. The van der Waals surface area contributed by atoms with Gasteiger partial charge >= 0.3 is 5.97 Å². The van der Waals surface area contributed by atoms with Crippen molar-refractivity contribution in [2.24, 2.45) is 0 Å². The molecule has 0 atom stereocenters. The number of nitrogens with zero attached hydrogens (tertiary/aromatic N) is 3. The van der Waals surface area contributed by atoms with Gasteiger partial charge in [-0.05, 0) is 78.4 Å². The third-order valence-electron chi connectivity index (χ3n) is 6.54. The number of carboxylic acids is 1. The van der Waals surface area contributed by atoms with Crippen molar-refractivity contribution in [1.82, 2.24) is 9.78 Å². The summed E-state index contributed by atoms with van der Waals surface area (Å²) in [4.78, 5) is 13.4. The smallest absolute Gasteiger partial charge is 0.335 e. The Hall–Kier alpha value is -3.48. The van der Waals surface area contributed by atoms with Gasteiger partial charge in [-0.1, -0.05) is 55.2 Å². The van der Waals surface area contributed by atoms with Crippen molar-refractivity contribution in [1.29, 1.82) is 0 Å². The number of hydrogen-bond acceptors (Lipinski definition) is 4. The van der Waals surface area contributed by atoms with E-state index in [1.807, 2.05) is 43.6 Å². The molecule has 8 heteroatoms. The molecule has 1 N–H and O–H groups in total. The molecule has 3 aromatic carbocycles. The molecule has 1 aromatic heterocycles. The van der Waals surface area contributed by atoms with Crippen LogP contribution in [0.1, 0.15) is 52.5 Å². The standard InChI is InChI=1S/C30H31Cl2N3O3/c1-19(2)24-17-33-35(29-25(31)9-6-10-26(29)32)28(24)18-38-23-11-12-27(20(3)15-23)34(4)14-13-21-7-5-8-22(16-21)30(36)37/h5-12,15-17,19H,13-14,18H2,1-4H3,(H,36,37). The number of carboxylic acid groups (broad SMARTS) is 1. The molecule has 0 bridgehead atoms. The maximum atomic E-state index is 11.3. The number of aromatic carboxylic acids is 1. The monoisotopic (exact) mass is 551 g/mol. The molecule has 0 saturated carbocycles. The number of carbonyl (C=O) groups is 1. The Morgan fingerprint density at radius 1 is 1.08 bits per heavy atom. The van der Waals surface area contributed by atoms with E-state index >= 15 is 0 Å². The Balaban J connectivity index is 1.48. The van der Waals surface area contributed by atoms with Crippen molar-refractivity contribution in [3.05, 3.63) is 105 Å². The van der Waals surface area contributed by atoms with E-state index in [-0.39, 0.29) is 5.92 Å². The molecule has 6 nitrogen and oxygen atoms in total. The third-order valence-corrected chi connectivity index (χ3v) is 7.15. The van der Waals surface area contributed by atoms with Gasteiger partial charge in [0.05, 0.1) is 27.5 Å². The summed E-state index contributed by atoms with van der Waals surface area (Å²) in [5, 5.41) is 14.9. The second-order valence-corrected chi connectivity index (χ2v) is 10.4. The maximum Gasteiger partial charge on any atom is 0.335 e. The van der Waals surface area contributed by atoms with E-state index in [0.29, 0.717) is 27.9 Å². The van der Waals surface area contributed by atoms with Gasteiger partial charge in [-0.25, -0.2) is 9.48 Å². The van der Waals surface area contributed by atoms with Crippen molar-refractivity contribution in [3.63, 3.8) is 0 Å². The van der Waals surface area contributed by atoms with Crippen LogP contribution in [0.15, 0.2) is 66.9 Å². The molecule has 0 saturated heterocycles. The second kappa shape index (κ2) is 11.9. The van der Waals surface area contributed by atoms with Crippen LogP contribution in [0.25, 0.3) is 5.69 Å². The Kier molecular flexibility index (Phi) is 8.65. The molecular weight excluding hydrogens is 521 g/mol. The number of rotatable bonds is 10. The fourth-order valence-electron chi connectivity index (χ4n) is 4.47. The van der Waals surface area contributed by atoms with Crippen LogP contribution in [0, 0.1) is 6.92 Å². The summed E-state index contributed by atoms with van der Waals surface area (Å²) < 4.78 is 8.01. The first-order chi connectivity index (χ1) is 18.2. The zero-order valence-corrected chi connectivity index (χ0v) is 23.4. The average Bonchev–Trinajstić information content (AvgIpc) is 3.30. The Morgan fingerprint density at radius 2 is 1.79 bits per heavy atom. The molecule has 0 unspecified atom stereocenters. The van der Waals surface area contributed by atoms with Crippen LogP contribution in [0.3, 0.4) is 0 Å². The highest BCUT2D eigenvalue weighted by molar-refractivity contribution is 6.37. The summed E-state index contributed by atoms with van der Waals surface area (Å²) in [6.45, 7) is 7.35. The van der Waals surface area contributed by atoms with Crippen molar-refractivity contribution in [2.75, 3.05) is 18.5 Å². The van der Waals surface area contributed by atoms with Crippen LogP contribution in [0.4, 0.5) is 5.69 Å². The Bertz CT molecular complexity index is 1430. The number of aryl methyl sites for hydroxylation is 1. The fraction of sp³-hybridized carbons (Fsp3) is 0.267. The van der Waals surface area contributed by atoms with Crippen molar-refractivity contribution < 1.29 is 14.6 Å². The van der Waals surface area contributed by atoms with Gasteiger partial charge in [0, 0.05) is 19.3 Å². The topological polar surface area (TPSA) is 67.6 Å². The molecule has 0 aliphatic carbocycles. The lowest BCUT2D eigenvalue weighted by Crippen LogP contribution is -2.21. The predicted octanol–water partition coefficient (Wildman–Crippen LogP) is 7.57. The fourth-order valence-corrected chi connectivity index (χ4v) is 5.03. The lowest BCUT2D eigenvalue weighted by Gasteiger charge is -2.22. The van der Waals surface area contributed by atoms with Crippen LogP contribution in [0.5, 0.6) is 5.75 Å². The maximum absolute atomic E-state index is 11.3. The third kappa shape index (κ3) is 6.14. The van der Waals surface area contributed by atoms with Crippen LogP contribution in [-0.4, -0.2) is 34.4 Å². The molecular formula is C30H31Cl2N3O3. The number of likely N-dealkylation sites (N-methyl/N-ethyl adjacent to an activating group) is 1. The number of para-hydroxylation sites is 1. The lowest BCUT2D eigenvalue weighted by atomic mass is 10.0. The van der Waals surface area contributed by atoms with Crippen LogP contribution in [-0.2, 0) is 13.0 Å². The Labute approximate surface area is 233 Å². The number of halogens is 2. The first kappa shape index (κ1) is 27.6. The van der Waals surface area contributed by atoms with Crippen LogP contribution in [0.2, 0.25) is 10.0 Å². The van der Waals surface area contributed by atoms with E-state index < -0.39 is 5.97 Å². The Morgan fingerprint density at radius 3 is 2.45 bits per heavy atom. The SMILES string of the molecule is Cc1cc(OCc2c(C(C)C)cnn2-c2c(Cl)cccc2Cl)ccc1N(C)CCc1cccc(C(=O)O)c1. The number of ether oxygens (including phenoxy) is 1. The first-order valence-electron chi connectivity index (χ1n) is 12.4. The molecule has 4 rings (SSSR count). The molecule has 1 heterocycles. The summed E-state index contributed by atoms with van der Waals surface area (Å²) in [7, 11) is 2.03. The van der Waals surface area contributed by atoms with Gasteiger partial charge in [0.15, 0.2) is 0 Å². The summed E-state index contributed by atoms with van der Waals surface area (Å²) in [5.41, 5.74) is 6.08. The minimum Gasteiger partial charge on any atom is -0.487 e. The molecule has 0 amide bonds. The quantitative estimate of drug-likeness (QED) is 0.220. The predicted molar refractivity (Wildman–Crippen MR) is 154 cm³/mol. The number of anilines is 1. The van der Waals surface area contributed by atoms with Crippen LogP contribution < -0.4 is 9.64 Å². The first-order valence-corrected chi connectivity index (χ1v) is 13.2. The van der Waals surface area contributed by atoms with E-state index in [1.54, 1.807) is 35.0 Å². The van der Waals surface area contributed by atoms with Gasteiger partial charge < -0.3 is 14.7 Å². The minimum absolute atomic E-state index is 0.248. The van der Waals surface area contributed by atoms with Gasteiger partial charge in [-0.3, -0.25) is 0 Å². The minimum atomic E-state index is -0.912. The number of aromatic nitrogens is 2. The van der Waals surface area contributed by atoms with E-state index in [2.05, 4.69) is 30.8 Å². The van der Waals surface area contributed by atoms with Crippen molar-refractivity contribution in [2.45, 2.75) is 39.7 Å². The molecule has 0 fully saturated rings. The molecule has 0 radical (unpaired) electrons. The lowest BCUT2D eigenvalue weighted by molar-refractivity contribution is 0.0696. The van der Waals surface area contributed by atoms with Gasteiger partial charge in [-0.2, -0.15) is 5.10 Å². The number of benzene rings is 3.